The largest absolute Gasteiger partial charge is 0.494 e. The Morgan fingerprint density at radius 1 is 0.906 bits per heavy atom. The minimum atomic E-state index is -4.53. The molecule has 32 heavy (non-hydrogen) atoms. The van der Waals surface area contributed by atoms with E-state index in [9.17, 15) is 27.2 Å². The molecule has 2 N–H and O–H groups in total. The average molecular weight is 446 g/mol. The van der Waals surface area contributed by atoms with Crippen LogP contribution in [0.2, 0.25) is 0 Å². The predicted molar refractivity (Wildman–Crippen MR) is 111 cm³/mol. The molecule has 0 unspecified atom stereocenters. The van der Waals surface area contributed by atoms with Gasteiger partial charge in [-0.3, -0.25) is 9.59 Å². The van der Waals surface area contributed by atoms with Gasteiger partial charge in [-0.2, -0.15) is 13.2 Å². The van der Waals surface area contributed by atoms with Crippen molar-refractivity contribution >= 4 is 23.2 Å². The SMILES string of the molecule is COc1ccc(CC(=O)Nc2cccc(C(=O)Nc3cccc(C(F)(F)F)c3)c2)cc1F. The number of hydrogen-bond acceptors (Lipinski definition) is 3. The van der Waals surface area contributed by atoms with Crippen LogP contribution in [0.4, 0.5) is 28.9 Å². The van der Waals surface area contributed by atoms with Crippen molar-refractivity contribution in [2.75, 3.05) is 17.7 Å². The molecular formula is C23H18F4N2O3. The molecule has 0 saturated carbocycles. The number of nitrogens with one attached hydrogen (secondary N) is 2. The zero-order chi connectivity index (χ0) is 23.3. The van der Waals surface area contributed by atoms with Gasteiger partial charge in [0.15, 0.2) is 11.6 Å². The number of halogens is 4. The normalized spacial score (nSPS) is 11.0. The molecule has 2 amide bonds. The summed E-state index contributed by atoms with van der Waals surface area (Å²) in [7, 11) is 1.33. The van der Waals surface area contributed by atoms with Gasteiger partial charge >= 0.3 is 6.18 Å². The van der Waals surface area contributed by atoms with Crippen LogP contribution in [0, 0.1) is 5.82 Å². The molecule has 166 valence electrons. The standard InChI is InChI=1S/C23H18F4N2O3/c1-32-20-9-8-14(10-19(20)24)11-21(30)28-17-6-2-4-15(12-17)22(31)29-18-7-3-5-16(13-18)23(25,26)27/h2-10,12-13H,11H2,1H3,(H,28,30)(H,29,31). The monoisotopic (exact) mass is 446 g/mol. The van der Waals surface area contributed by atoms with Crippen LogP contribution in [-0.2, 0) is 17.4 Å². The highest BCUT2D eigenvalue weighted by atomic mass is 19.4. The van der Waals surface area contributed by atoms with Gasteiger partial charge in [0.25, 0.3) is 5.91 Å². The maximum atomic E-state index is 13.8. The van der Waals surface area contributed by atoms with Crippen molar-refractivity contribution in [2.45, 2.75) is 12.6 Å². The summed E-state index contributed by atoms with van der Waals surface area (Å²) in [6.07, 6.45) is -4.64. The summed E-state index contributed by atoms with van der Waals surface area (Å²) in [6, 6.07) is 14.3. The number of anilines is 2. The van der Waals surface area contributed by atoms with Crippen molar-refractivity contribution in [3.63, 3.8) is 0 Å². The third-order valence-electron chi connectivity index (χ3n) is 4.44. The molecule has 0 saturated heterocycles. The predicted octanol–water partition coefficient (Wildman–Crippen LogP) is 5.29. The van der Waals surface area contributed by atoms with Crippen LogP contribution >= 0.6 is 0 Å². The first-order chi connectivity index (χ1) is 15.2. The van der Waals surface area contributed by atoms with Gasteiger partial charge in [0.1, 0.15) is 0 Å². The molecule has 9 heteroatoms. The molecule has 0 aliphatic rings. The second-order valence-electron chi connectivity index (χ2n) is 6.81. The molecule has 0 heterocycles. The Morgan fingerprint density at radius 3 is 2.25 bits per heavy atom. The second-order valence-corrected chi connectivity index (χ2v) is 6.81. The first-order valence-electron chi connectivity index (χ1n) is 9.36. The van der Waals surface area contributed by atoms with Gasteiger partial charge in [-0.05, 0) is 54.1 Å². The molecular weight excluding hydrogens is 428 g/mol. The van der Waals surface area contributed by atoms with Crippen LogP contribution in [0.1, 0.15) is 21.5 Å². The lowest BCUT2D eigenvalue weighted by Crippen LogP contribution is -2.16. The smallest absolute Gasteiger partial charge is 0.416 e. The first-order valence-corrected chi connectivity index (χ1v) is 9.36. The molecule has 0 aliphatic carbocycles. The summed E-state index contributed by atoms with van der Waals surface area (Å²) in [5.41, 5.74) is -0.0253. The number of amides is 2. The van der Waals surface area contributed by atoms with Crippen molar-refractivity contribution in [2.24, 2.45) is 0 Å². The van der Waals surface area contributed by atoms with Gasteiger partial charge in [-0.1, -0.05) is 18.2 Å². The van der Waals surface area contributed by atoms with E-state index in [0.717, 1.165) is 12.1 Å². The molecule has 0 atom stereocenters. The Morgan fingerprint density at radius 2 is 1.59 bits per heavy atom. The van der Waals surface area contributed by atoms with Gasteiger partial charge in [0.05, 0.1) is 19.1 Å². The molecule has 0 aromatic heterocycles. The number of alkyl halides is 3. The van der Waals surface area contributed by atoms with E-state index >= 15 is 0 Å². The number of hydrogen-bond donors (Lipinski definition) is 2. The highest BCUT2D eigenvalue weighted by Crippen LogP contribution is 2.30. The van der Waals surface area contributed by atoms with Gasteiger partial charge in [0.2, 0.25) is 5.91 Å². The van der Waals surface area contributed by atoms with Crippen LogP contribution in [0.5, 0.6) is 5.75 Å². The topological polar surface area (TPSA) is 67.4 Å². The van der Waals surface area contributed by atoms with E-state index in [1.807, 2.05) is 0 Å². The van der Waals surface area contributed by atoms with Gasteiger partial charge < -0.3 is 15.4 Å². The van der Waals surface area contributed by atoms with Crippen LogP contribution in [-0.4, -0.2) is 18.9 Å². The van der Waals surface area contributed by atoms with E-state index in [4.69, 9.17) is 4.74 Å². The summed E-state index contributed by atoms with van der Waals surface area (Å²) < 4.78 is 57.1. The molecule has 3 aromatic carbocycles. The highest BCUT2D eigenvalue weighted by molar-refractivity contribution is 6.05. The van der Waals surface area contributed by atoms with Crippen molar-refractivity contribution in [3.8, 4) is 5.75 Å². The maximum absolute atomic E-state index is 13.8. The molecule has 0 fully saturated rings. The van der Waals surface area contributed by atoms with Gasteiger partial charge in [-0.15, -0.1) is 0 Å². The number of rotatable bonds is 6. The van der Waals surface area contributed by atoms with Crippen LogP contribution in [0.15, 0.2) is 66.7 Å². The molecule has 3 rings (SSSR count). The summed E-state index contributed by atoms with van der Waals surface area (Å²) in [6.45, 7) is 0. The molecule has 0 spiro atoms. The van der Waals surface area contributed by atoms with E-state index in [1.165, 1.54) is 49.6 Å². The highest BCUT2D eigenvalue weighted by Gasteiger charge is 2.30. The summed E-state index contributed by atoms with van der Waals surface area (Å²) >= 11 is 0. The lowest BCUT2D eigenvalue weighted by molar-refractivity contribution is -0.137. The Labute approximate surface area is 181 Å². The molecule has 0 aliphatic heterocycles. The first kappa shape index (κ1) is 22.8. The zero-order valence-electron chi connectivity index (χ0n) is 16.8. The van der Waals surface area contributed by atoms with E-state index < -0.39 is 29.4 Å². The van der Waals surface area contributed by atoms with E-state index in [1.54, 1.807) is 12.1 Å². The number of methoxy groups -OCH3 is 1. The summed E-state index contributed by atoms with van der Waals surface area (Å²) in [4.78, 5) is 24.7. The van der Waals surface area contributed by atoms with Crippen LogP contribution in [0.25, 0.3) is 0 Å². The van der Waals surface area contributed by atoms with Crippen LogP contribution in [0.3, 0.4) is 0 Å². The average Bonchev–Trinajstić information content (AvgIpc) is 2.73. The number of carbonyl (C=O) groups is 2. The molecule has 0 radical (unpaired) electrons. The summed E-state index contributed by atoms with van der Waals surface area (Å²) in [5.74, 6) is -1.61. The van der Waals surface area contributed by atoms with Crippen LogP contribution < -0.4 is 15.4 Å². The molecule has 3 aromatic rings. The number of carbonyl (C=O) groups excluding carboxylic acids is 2. The van der Waals surface area contributed by atoms with Gasteiger partial charge in [-0.25, -0.2) is 4.39 Å². The van der Waals surface area contributed by atoms with Crippen molar-refractivity contribution in [1.82, 2.24) is 0 Å². The fourth-order valence-corrected chi connectivity index (χ4v) is 2.93. The lowest BCUT2D eigenvalue weighted by atomic mass is 10.1. The van der Waals surface area contributed by atoms with Crippen molar-refractivity contribution < 1.29 is 31.9 Å². The number of ether oxygens (including phenoxy) is 1. The number of benzene rings is 3. The quantitative estimate of drug-likeness (QED) is 0.506. The third kappa shape index (κ3) is 5.84. The molecule has 5 nitrogen and oxygen atoms in total. The minimum absolute atomic E-state index is 0.0132. The van der Waals surface area contributed by atoms with Crippen molar-refractivity contribution in [1.29, 1.82) is 0 Å². The minimum Gasteiger partial charge on any atom is -0.494 e. The second kappa shape index (κ2) is 9.51. The maximum Gasteiger partial charge on any atom is 0.416 e. The zero-order valence-corrected chi connectivity index (χ0v) is 16.8. The Bertz CT molecular complexity index is 1150. The Kier molecular flexibility index (Phi) is 6.77. The summed E-state index contributed by atoms with van der Waals surface area (Å²) in [5, 5.41) is 5.01. The lowest BCUT2D eigenvalue weighted by Gasteiger charge is -2.11. The fourth-order valence-electron chi connectivity index (χ4n) is 2.93. The third-order valence-corrected chi connectivity index (χ3v) is 4.44. The fraction of sp³-hybridized carbons (Fsp3) is 0.130. The Hall–Kier alpha value is -3.88. The van der Waals surface area contributed by atoms with E-state index in [-0.39, 0.29) is 23.4 Å². The van der Waals surface area contributed by atoms with E-state index in [0.29, 0.717) is 11.3 Å². The van der Waals surface area contributed by atoms with E-state index in [2.05, 4.69) is 10.6 Å². The van der Waals surface area contributed by atoms with Crippen molar-refractivity contribution in [3.05, 3.63) is 89.2 Å². The molecule has 0 bridgehead atoms. The Balaban J connectivity index is 1.66. The van der Waals surface area contributed by atoms with Gasteiger partial charge in [0, 0.05) is 16.9 Å².